The predicted molar refractivity (Wildman–Crippen MR) is 78.3 cm³/mol. The Labute approximate surface area is 118 Å². The van der Waals surface area contributed by atoms with E-state index in [1.54, 1.807) is 0 Å². The van der Waals surface area contributed by atoms with Crippen molar-refractivity contribution in [1.29, 1.82) is 0 Å². The molecule has 2 heterocycles. The van der Waals surface area contributed by atoms with Gasteiger partial charge in [0.25, 0.3) is 0 Å². The molecule has 3 heteroatoms. The van der Waals surface area contributed by atoms with Gasteiger partial charge in [0.2, 0.25) is 0 Å². The van der Waals surface area contributed by atoms with Crippen molar-refractivity contribution < 1.29 is 4.74 Å². The van der Waals surface area contributed by atoms with Crippen LogP contribution in [0.4, 0.5) is 0 Å². The Morgan fingerprint density at radius 2 is 1.84 bits per heavy atom. The van der Waals surface area contributed by atoms with Crippen molar-refractivity contribution in [3.8, 4) is 0 Å². The van der Waals surface area contributed by atoms with Crippen molar-refractivity contribution in [2.24, 2.45) is 11.3 Å². The molecule has 1 aliphatic carbocycles. The fourth-order valence-corrected chi connectivity index (χ4v) is 4.70. The Hall–Kier alpha value is -0.120. The van der Waals surface area contributed by atoms with E-state index in [0.717, 1.165) is 38.3 Å². The van der Waals surface area contributed by atoms with Gasteiger partial charge in [-0.05, 0) is 45.4 Å². The predicted octanol–water partition coefficient (Wildman–Crippen LogP) is 2.22. The third-order valence-electron chi connectivity index (χ3n) is 5.77. The number of ether oxygens (including phenoxy) is 1. The molecule has 0 bridgehead atoms. The third kappa shape index (κ3) is 2.24. The smallest absolute Gasteiger partial charge is 0.0594 e. The minimum absolute atomic E-state index is 0.307. The second kappa shape index (κ2) is 4.44. The van der Waals surface area contributed by atoms with E-state index in [0.29, 0.717) is 17.0 Å². The minimum Gasteiger partial charge on any atom is -0.379 e. The van der Waals surface area contributed by atoms with E-state index in [2.05, 4.69) is 44.4 Å². The number of nitrogens with zero attached hydrogens (tertiary/aromatic N) is 2. The summed E-state index contributed by atoms with van der Waals surface area (Å²) in [5.41, 5.74) is 0.882. The molecule has 0 spiro atoms. The van der Waals surface area contributed by atoms with Crippen molar-refractivity contribution >= 4 is 0 Å². The van der Waals surface area contributed by atoms with E-state index in [-0.39, 0.29) is 0 Å². The van der Waals surface area contributed by atoms with Gasteiger partial charge >= 0.3 is 0 Å². The van der Waals surface area contributed by atoms with E-state index in [4.69, 9.17) is 4.74 Å². The summed E-state index contributed by atoms with van der Waals surface area (Å²) in [5, 5.41) is 0. The SMILES string of the molecule is C[C@@H]1C(CN2CCOCC2)[C@@]2(C)CC2N1C(C)(C)C. The third-order valence-corrected chi connectivity index (χ3v) is 5.77. The maximum absolute atomic E-state index is 5.48. The lowest BCUT2D eigenvalue weighted by atomic mass is 9.86. The van der Waals surface area contributed by atoms with Gasteiger partial charge in [-0.25, -0.2) is 0 Å². The van der Waals surface area contributed by atoms with Gasteiger partial charge in [-0.1, -0.05) is 6.92 Å². The molecule has 3 nitrogen and oxygen atoms in total. The fraction of sp³-hybridized carbons (Fsp3) is 1.00. The summed E-state index contributed by atoms with van der Waals surface area (Å²) < 4.78 is 5.48. The summed E-state index contributed by atoms with van der Waals surface area (Å²) >= 11 is 0. The molecule has 19 heavy (non-hydrogen) atoms. The van der Waals surface area contributed by atoms with Crippen LogP contribution in [0.5, 0.6) is 0 Å². The molecule has 4 atom stereocenters. The van der Waals surface area contributed by atoms with Crippen LogP contribution in [0.15, 0.2) is 0 Å². The average Bonchev–Trinajstić information content (AvgIpc) is 2.92. The van der Waals surface area contributed by atoms with E-state index in [1.165, 1.54) is 13.0 Å². The van der Waals surface area contributed by atoms with Gasteiger partial charge in [0.05, 0.1) is 13.2 Å². The number of piperidine rings is 1. The molecule has 2 saturated heterocycles. The van der Waals surface area contributed by atoms with E-state index in [1.807, 2.05) is 0 Å². The van der Waals surface area contributed by atoms with E-state index in [9.17, 15) is 0 Å². The van der Waals surface area contributed by atoms with Gasteiger partial charge in [-0.15, -0.1) is 0 Å². The molecule has 0 aromatic carbocycles. The van der Waals surface area contributed by atoms with Crippen molar-refractivity contribution in [2.45, 2.75) is 58.7 Å². The quantitative estimate of drug-likeness (QED) is 0.762. The molecule has 1 saturated carbocycles. The second-order valence-corrected chi connectivity index (χ2v) is 8.06. The van der Waals surface area contributed by atoms with Gasteiger partial charge in [0.15, 0.2) is 0 Å². The number of hydrogen-bond acceptors (Lipinski definition) is 3. The van der Waals surface area contributed by atoms with Crippen molar-refractivity contribution in [2.75, 3.05) is 32.8 Å². The fourth-order valence-electron chi connectivity index (χ4n) is 4.70. The van der Waals surface area contributed by atoms with Gasteiger partial charge in [-0.2, -0.15) is 0 Å². The molecule has 110 valence electrons. The highest BCUT2D eigenvalue weighted by Gasteiger charge is 2.67. The summed E-state index contributed by atoms with van der Waals surface area (Å²) in [7, 11) is 0. The summed E-state index contributed by atoms with van der Waals surface area (Å²) in [6.07, 6.45) is 1.41. The average molecular weight is 266 g/mol. The van der Waals surface area contributed by atoms with Crippen LogP contribution in [-0.4, -0.2) is 60.3 Å². The number of morpholine rings is 1. The second-order valence-electron chi connectivity index (χ2n) is 8.06. The Kier molecular flexibility index (Phi) is 3.23. The summed E-state index contributed by atoms with van der Waals surface area (Å²) in [6.45, 7) is 17.5. The van der Waals surface area contributed by atoms with E-state index >= 15 is 0 Å². The lowest BCUT2D eigenvalue weighted by molar-refractivity contribution is 0.0163. The van der Waals surface area contributed by atoms with Crippen molar-refractivity contribution in [3.63, 3.8) is 0 Å². The number of fused-ring (bicyclic) bond motifs is 1. The molecule has 0 amide bonds. The zero-order chi connectivity index (χ0) is 13.8. The molecule has 2 aliphatic heterocycles. The Morgan fingerprint density at radius 3 is 2.37 bits per heavy atom. The summed E-state index contributed by atoms with van der Waals surface area (Å²) in [6, 6.07) is 1.54. The molecule has 0 radical (unpaired) electrons. The molecule has 3 rings (SSSR count). The molecular formula is C16H30N2O. The van der Waals surface area contributed by atoms with Crippen LogP contribution in [0, 0.1) is 11.3 Å². The van der Waals surface area contributed by atoms with Crippen molar-refractivity contribution in [1.82, 2.24) is 9.80 Å². The normalized spacial score (nSPS) is 44.4. The molecule has 0 N–H and O–H groups in total. The topological polar surface area (TPSA) is 15.7 Å². The first-order valence-corrected chi connectivity index (χ1v) is 7.92. The first kappa shape index (κ1) is 13.8. The van der Waals surface area contributed by atoms with Crippen LogP contribution < -0.4 is 0 Å². The Morgan fingerprint density at radius 1 is 1.21 bits per heavy atom. The molecule has 0 aromatic heterocycles. The highest BCUT2D eigenvalue weighted by molar-refractivity contribution is 5.20. The lowest BCUT2D eigenvalue weighted by Crippen LogP contribution is -2.49. The van der Waals surface area contributed by atoms with Crippen LogP contribution >= 0.6 is 0 Å². The molecule has 3 aliphatic rings. The highest BCUT2D eigenvalue weighted by atomic mass is 16.5. The monoisotopic (exact) mass is 266 g/mol. The van der Waals surface area contributed by atoms with Crippen LogP contribution in [0.3, 0.4) is 0 Å². The molecular weight excluding hydrogens is 236 g/mol. The molecule has 0 aromatic rings. The lowest BCUT2D eigenvalue weighted by Gasteiger charge is -2.41. The van der Waals surface area contributed by atoms with Crippen LogP contribution in [0.2, 0.25) is 0 Å². The number of likely N-dealkylation sites (tertiary alicyclic amines) is 1. The molecule has 3 fully saturated rings. The summed E-state index contributed by atoms with van der Waals surface area (Å²) in [4.78, 5) is 5.41. The first-order valence-electron chi connectivity index (χ1n) is 7.92. The van der Waals surface area contributed by atoms with Gasteiger partial charge in [-0.3, -0.25) is 9.80 Å². The Balaban J connectivity index is 1.71. The zero-order valence-corrected chi connectivity index (χ0v) is 13.3. The van der Waals surface area contributed by atoms with Crippen LogP contribution in [0.1, 0.15) is 41.0 Å². The zero-order valence-electron chi connectivity index (χ0n) is 13.3. The number of rotatable bonds is 2. The summed E-state index contributed by atoms with van der Waals surface area (Å²) in [5.74, 6) is 0.829. The van der Waals surface area contributed by atoms with Gasteiger partial charge in [0.1, 0.15) is 0 Å². The number of hydrogen-bond donors (Lipinski definition) is 0. The highest BCUT2D eigenvalue weighted by Crippen LogP contribution is 2.64. The Bertz CT molecular complexity index is 345. The minimum atomic E-state index is 0.307. The largest absolute Gasteiger partial charge is 0.379 e. The van der Waals surface area contributed by atoms with Gasteiger partial charge < -0.3 is 4.74 Å². The molecule has 2 unspecified atom stereocenters. The standard InChI is InChI=1S/C16H30N2O/c1-12-13(11-17-6-8-19-9-7-17)16(5)10-14(16)18(12)15(2,3)4/h12-14H,6-11H2,1-5H3/t12-,13?,14?,16-/m1/s1. The van der Waals surface area contributed by atoms with Crippen LogP contribution in [-0.2, 0) is 4.74 Å². The van der Waals surface area contributed by atoms with E-state index < -0.39 is 0 Å². The first-order chi connectivity index (χ1) is 8.84. The van der Waals surface area contributed by atoms with Crippen molar-refractivity contribution in [3.05, 3.63) is 0 Å². The van der Waals surface area contributed by atoms with Gasteiger partial charge in [0, 0.05) is 37.3 Å². The maximum Gasteiger partial charge on any atom is 0.0594 e. The van der Waals surface area contributed by atoms with Crippen LogP contribution in [0.25, 0.3) is 0 Å². The maximum atomic E-state index is 5.48.